The average Bonchev–Trinajstić information content (AvgIpc) is 2.77. The van der Waals surface area contributed by atoms with E-state index in [1.165, 1.54) is 48.8 Å². The first kappa shape index (κ1) is 12.6. The standard InChI is InChI=1S/C16H25N/c1-12-7-13(2)9-14(8-12)10-16(11-17)15-5-3-4-6-15/h7-9,15-16H,3-6,10-11,17H2,1-2H3. The number of rotatable bonds is 4. The zero-order chi connectivity index (χ0) is 12.3. The van der Waals surface area contributed by atoms with Crippen LogP contribution in [0.2, 0.25) is 0 Å². The molecule has 1 saturated carbocycles. The van der Waals surface area contributed by atoms with E-state index in [0.717, 1.165) is 12.5 Å². The summed E-state index contributed by atoms with van der Waals surface area (Å²) in [6.45, 7) is 5.21. The van der Waals surface area contributed by atoms with Crippen LogP contribution in [0.25, 0.3) is 0 Å². The van der Waals surface area contributed by atoms with Crippen LogP contribution in [0.15, 0.2) is 18.2 Å². The van der Waals surface area contributed by atoms with Crippen molar-refractivity contribution in [2.75, 3.05) is 6.54 Å². The Hall–Kier alpha value is -0.820. The third kappa shape index (κ3) is 3.32. The van der Waals surface area contributed by atoms with Crippen LogP contribution in [0.3, 0.4) is 0 Å². The second-order valence-corrected chi connectivity index (χ2v) is 5.74. The van der Waals surface area contributed by atoms with E-state index in [2.05, 4.69) is 32.0 Å². The van der Waals surface area contributed by atoms with Crippen molar-refractivity contribution in [3.05, 3.63) is 34.9 Å². The van der Waals surface area contributed by atoms with Gasteiger partial charge in [0.05, 0.1) is 0 Å². The highest BCUT2D eigenvalue weighted by Crippen LogP contribution is 2.32. The fourth-order valence-corrected chi connectivity index (χ4v) is 3.36. The first-order valence-corrected chi connectivity index (χ1v) is 6.96. The Labute approximate surface area is 105 Å². The molecular weight excluding hydrogens is 206 g/mol. The largest absolute Gasteiger partial charge is 0.330 e. The van der Waals surface area contributed by atoms with E-state index < -0.39 is 0 Å². The van der Waals surface area contributed by atoms with E-state index in [1.54, 1.807) is 0 Å². The molecule has 1 atom stereocenters. The first-order chi connectivity index (χ1) is 8.19. The van der Waals surface area contributed by atoms with Crippen molar-refractivity contribution in [1.29, 1.82) is 0 Å². The number of hydrogen-bond acceptors (Lipinski definition) is 1. The third-order valence-electron chi connectivity index (χ3n) is 4.15. The first-order valence-electron chi connectivity index (χ1n) is 6.96. The fraction of sp³-hybridized carbons (Fsp3) is 0.625. The van der Waals surface area contributed by atoms with Crippen LogP contribution in [0.5, 0.6) is 0 Å². The Balaban J connectivity index is 2.06. The fourth-order valence-electron chi connectivity index (χ4n) is 3.36. The molecule has 0 aliphatic heterocycles. The molecule has 1 unspecified atom stereocenters. The summed E-state index contributed by atoms with van der Waals surface area (Å²) < 4.78 is 0. The van der Waals surface area contributed by atoms with Gasteiger partial charge in [0.2, 0.25) is 0 Å². The Morgan fingerprint density at radius 1 is 1.12 bits per heavy atom. The Bertz CT molecular complexity index is 344. The second-order valence-electron chi connectivity index (χ2n) is 5.74. The smallest absolute Gasteiger partial charge is 0.00430 e. The highest BCUT2D eigenvalue weighted by atomic mass is 14.6. The van der Waals surface area contributed by atoms with Gasteiger partial charge >= 0.3 is 0 Å². The number of benzene rings is 1. The predicted molar refractivity (Wildman–Crippen MR) is 74.1 cm³/mol. The van der Waals surface area contributed by atoms with Gasteiger partial charge in [-0.2, -0.15) is 0 Å². The van der Waals surface area contributed by atoms with E-state index in [0.29, 0.717) is 5.92 Å². The molecule has 0 heterocycles. The SMILES string of the molecule is Cc1cc(C)cc(CC(CN)C2CCCC2)c1. The van der Waals surface area contributed by atoms with Gasteiger partial charge in [0.25, 0.3) is 0 Å². The quantitative estimate of drug-likeness (QED) is 0.841. The van der Waals surface area contributed by atoms with Crippen LogP contribution in [0.1, 0.15) is 42.4 Å². The zero-order valence-corrected chi connectivity index (χ0v) is 11.2. The summed E-state index contributed by atoms with van der Waals surface area (Å²) in [7, 11) is 0. The normalized spacial score (nSPS) is 18.5. The summed E-state index contributed by atoms with van der Waals surface area (Å²) in [6.07, 6.45) is 6.78. The minimum Gasteiger partial charge on any atom is -0.330 e. The van der Waals surface area contributed by atoms with Crippen molar-refractivity contribution in [2.45, 2.75) is 46.0 Å². The van der Waals surface area contributed by atoms with Crippen LogP contribution in [-0.2, 0) is 6.42 Å². The average molecular weight is 231 g/mol. The van der Waals surface area contributed by atoms with Crippen LogP contribution in [-0.4, -0.2) is 6.54 Å². The molecule has 2 rings (SSSR count). The highest BCUT2D eigenvalue weighted by molar-refractivity contribution is 5.28. The Morgan fingerprint density at radius 2 is 1.71 bits per heavy atom. The van der Waals surface area contributed by atoms with Crippen LogP contribution in [0.4, 0.5) is 0 Å². The lowest BCUT2D eigenvalue weighted by atomic mass is 9.85. The van der Waals surface area contributed by atoms with E-state index in [9.17, 15) is 0 Å². The third-order valence-corrected chi connectivity index (χ3v) is 4.15. The van der Waals surface area contributed by atoms with Gasteiger partial charge in [0, 0.05) is 0 Å². The van der Waals surface area contributed by atoms with E-state index in [4.69, 9.17) is 5.73 Å². The van der Waals surface area contributed by atoms with E-state index in [1.807, 2.05) is 0 Å². The molecule has 0 saturated heterocycles. The van der Waals surface area contributed by atoms with Crippen LogP contribution >= 0.6 is 0 Å². The molecule has 0 bridgehead atoms. The van der Waals surface area contributed by atoms with Crippen molar-refractivity contribution >= 4 is 0 Å². The minimum atomic E-state index is 0.693. The number of aryl methyl sites for hydroxylation is 2. The van der Waals surface area contributed by atoms with Crippen molar-refractivity contribution in [2.24, 2.45) is 17.6 Å². The van der Waals surface area contributed by atoms with E-state index >= 15 is 0 Å². The molecule has 0 radical (unpaired) electrons. The van der Waals surface area contributed by atoms with Gasteiger partial charge in [0.15, 0.2) is 0 Å². The molecule has 94 valence electrons. The van der Waals surface area contributed by atoms with Crippen LogP contribution < -0.4 is 5.73 Å². The lowest BCUT2D eigenvalue weighted by molar-refractivity contribution is 0.344. The molecule has 1 aliphatic rings. The van der Waals surface area contributed by atoms with Crippen molar-refractivity contribution in [3.8, 4) is 0 Å². The zero-order valence-electron chi connectivity index (χ0n) is 11.2. The maximum atomic E-state index is 5.98. The van der Waals surface area contributed by atoms with Crippen molar-refractivity contribution < 1.29 is 0 Å². The van der Waals surface area contributed by atoms with Crippen molar-refractivity contribution in [1.82, 2.24) is 0 Å². The van der Waals surface area contributed by atoms with Gasteiger partial charge in [-0.3, -0.25) is 0 Å². The van der Waals surface area contributed by atoms with Crippen molar-refractivity contribution in [3.63, 3.8) is 0 Å². The molecule has 0 spiro atoms. The molecule has 0 amide bonds. The molecule has 1 aromatic rings. The van der Waals surface area contributed by atoms with Gasteiger partial charge in [-0.05, 0) is 44.2 Å². The molecule has 1 heteroatoms. The van der Waals surface area contributed by atoms with Gasteiger partial charge < -0.3 is 5.73 Å². The van der Waals surface area contributed by atoms with Crippen LogP contribution in [0, 0.1) is 25.7 Å². The molecule has 1 aliphatic carbocycles. The molecule has 1 nitrogen and oxygen atoms in total. The molecule has 2 N–H and O–H groups in total. The Kier molecular flexibility index (Phi) is 4.22. The summed E-state index contributed by atoms with van der Waals surface area (Å²) in [6, 6.07) is 6.89. The van der Waals surface area contributed by atoms with Gasteiger partial charge in [-0.25, -0.2) is 0 Å². The van der Waals surface area contributed by atoms with Gasteiger partial charge in [0.1, 0.15) is 0 Å². The van der Waals surface area contributed by atoms with Gasteiger partial charge in [-0.1, -0.05) is 55.0 Å². The summed E-state index contributed by atoms with van der Waals surface area (Å²) in [5.41, 5.74) is 10.2. The summed E-state index contributed by atoms with van der Waals surface area (Å²) >= 11 is 0. The molecule has 1 aromatic carbocycles. The summed E-state index contributed by atoms with van der Waals surface area (Å²) in [5.74, 6) is 1.57. The topological polar surface area (TPSA) is 26.0 Å². The monoisotopic (exact) mass is 231 g/mol. The lowest BCUT2D eigenvalue weighted by Crippen LogP contribution is -2.24. The summed E-state index contributed by atoms with van der Waals surface area (Å²) in [4.78, 5) is 0. The Morgan fingerprint density at radius 3 is 2.24 bits per heavy atom. The molecule has 17 heavy (non-hydrogen) atoms. The maximum Gasteiger partial charge on any atom is -0.00430 e. The summed E-state index contributed by atoms with van der Waals surface area (Å²) in [5, 5.41) is 0. The minimum absolute atomic E-state index is 0.693. The van der Waals surface area contributed by atoms with E-state index in [-0.39, 0.29) is 0 Å². The molecule has 0 aromatic heterocycles. The number of hydrogen-bond donors (Lipinski definition) is 1. The number of nitrogens with two attached hydrogens (primary N) is 1. The molecule has 1 fully saturated rings. The maximum absolute atomic E-state index is 5.98. The lowest BCUT2D eigenvalue weighted by Gasteiger charge is -2.22. The molecular formula is C16H25N. The predicted octanol–water partition coefficient (Wildman–Crippen LogP) is 3.61. The van der Waals surface area contributed by atoms with Gasteiger partial charge in [-0.15, -0.1) is 0 Å². The highest BCUT2D eigenvalue weighted by Gasteiger charge is 2.24. The second kappa shape index (κ2) is 5.68.